The fourth-order valence-corrected chi connectivity index (χ4v) is 2.32. The number of amides is 1. The van der Waals surface area contributed by atoms with Crippen LogP contribution in [0.5, 0.6) is 5.75 Å². The highest BCUT2D eigenvalue weighted by molar-refractivity contribution is 6.20. The van der Waals surface area contributed by atoms with Crippen LogP contribution in [0.3, 0.4) is 0 Å². The molecule has 1 aromatic rings. The summed E-state index contributed by atoms with van der Waals surface area (Å²) < 4.78 is 29.1. The number of rotatable bonds is 6. The van der Waals surface area contributed by atoms with Gasteiger partial charge in [-0.3, -0.25) is 4.79 Å². The summed E-state index contributed by atoms with van der Waals surface area (Å²) in [5.74, 6) is -0.164. The van der Waals surface area contributed by atoms with Crippen molar-refractivity contribution in [1.29, 1.82) is 0 Å². The Kier molecular flexibility index (Phi) is 5.36. The van der Waals surface area contributed by atoms with E-state index in [1.165, 1.54) is 37.1 Å². The van der Waals surface area contributed by atoms with Gasteiger partial charge in [-0.25, -0.2) is 0 Å². The number of carbonyl (C=O) groups excluding carboxylic acids is 1. The lowest BCUT2D eigenvalue weighted by Gasteiger charge is -2.14. The second-order valence-corrected chi connectivity index (χ2v) is 5.36. The lowest BCUT2D eigenvalue weighted by molar-refractivity contribution is -0.116. The topological polar surface area (TPSA) is 41.6 Å². The summed E-state index contributed by atoms with van der Waals surface area (Å²) >= 11 is 4.67. The normalized spacial score (nSPS) is 16.0. The van der Waals surface area contributed by atoms with Gasteiger partial charge >= 0.3 is 5.57 Å². The Morgan fingerprint density at radius 1 is 1.29 bits per heavy atom. The Morgan fingerprint density at radius 2 is 1.90 bits per heavy atom. The average molecular weight is 319 g/mol. The van der Waals surface area contributed by atoms with Crippen LogP contribution in [0.25, 0.3) is 0 Å². The first-order valence-corrected chi connectivity index (χ1v) is 7.18. The number of hydrogen-bond donors (Lipinski definition) is 1. The zero-order valence-electron chi connectivity index (χ0n) is 11.4. The van der Waals surface area contributed by atoms with E-state index in [1.807, 2.05) is 0 Å². The molecule has 2 rings (SSSR count). The molecule has 4 nitrogen and oxygen atoms in total. The van der Waals surface area contributed by atoms with Gasteiger partial charge in [0, 0.05) is 30.3 Å². The predicted molar refractivity (Wildman–Crippen MR) is 76.8 cm³/mol. The molecule has 0 unspecified atom stereocenters. The highest BCUT2D eigenvalue weighted by atomic mass is 35.5. The van der Waals surface area contributed by atoms with E-state index in [4.69, 9.17) is 0 Å². The summed E-state index contributed by atoms with van der Waals surface area (Å²) in [4.78, 5) is 14.0. The Labute approximate surface area is 127 Å². The average Bonchev–Trinajstić information content (AvgIpc) is 2.90. The maximum Gasteiger partial charge on any atom is 0.487 e. The molecule has 1 aromatic carbocycles. The van der Waals surface area contributed by atoms with Crippen LogP contribution in [0.2, 0.25) is 0 Å². The molecule has 1 N–H and O–H groups in total. The van der Waals surface area contributed by atoms with Crippen molar-refractivity contribution in [2.45, 2.75) is 24.8 Å². The highest BCUT2D eigenvalue weighted by Gasteiger charge is 2.27. The van der Waals surface area contributed by atoms with Gasteiger partial charge in [-0.2, -0.15) is 0 Å². The van der Waals surface area contributed by atoms with Gasteiger partial charge in [0.15, 0.2) is 0 Å². The van der Waals surface area contributed by atoms with E-state index in [9.17, 15) is 13.6 Å². The molecule has 1 heterocycles. The van der Waals surface area contributed by atoms with Crippen LogP contribution in [0.4, 0.5) is 14.5 Å². The van der Waals surface area contributed by atoms with E-state index >= 15 is 0 Å². The number of nitrogens with zero attached hydrogens (tertiary/aromatic N) is 1. The number of hydrogen-bond acceptors (Lipinski definition) is 3. The van der Waals surface area contributed by atoms with Crippen molar-refractivity contribution >= 4 is 23.2 Å². The maximum atomic E-state index is 12.4. The van der Waals surface area contributed by atoms with E-state index in [-0.39, 0.29) is 11.7 Å². The van der Waals surface area contributed by atoms with Crippen molar-refractivity contribution in [1.82, 2.24) is 4.90 Å². The van der Waals surface area contributed by atoms with Crippen molar-refractivity contribution in [2.24, 2.45) is 0 Å². The van der Waals surface area contributed by atoms with E-state index in [0.717, 1.165) is 19.6 Å². The second-order valence-electron chi connectivity index (χ2n) is 4.92. The zero-order chi connectivity index (χ0) is 15.3. The summed E-state index contributed by atoms with van der Waals surface area (Å²) in [6.45, 7) is 2.84. The van der Waals surface area contributed by atoms with Gasteiger partial charge in [0.1, 0.15) is 5.75 Å². The Hall–Kier alpha value is -1.40. The number of ether oxygens (including phenoxy) is 1. The van der Waals surface area contributed by atoms with E-state index in [2.05, 4.69) is 26.6 Å². The molecule has 1 amide bonds. The van der Waals surface area contributed by atoms with Crippen LogP contribution in [0, 0.1) is 0 Å². The van der Waals surface area contributed by atoms with Gasteiger partial charge < -0.3 is 15.0 Å². The van der Waals surface area contributed by atoms with Gasteiger partial charge in [-0.15, -0.1) is 8.78 Å². The Morgan fingerprint density at radius 3 is 2.48 bits per heavy atom. The van der Waals surface area contributed by atoms with Crippen LogP contribution < -0.4 is 10.1 Å². The van der Waals surface area contributed by atoms with Gasteiger partial charge in [-0.05, 0) is 50.2 Å². The molecule has 0 aliphatic carbocycles. The number of carbonyl (C=O) groups is 1. The molecule has 0 atom stereocenters. The Bertz CT molecular complexity index is 471. The molecule has 0 spiro atoms. The predicted octanol–water partition coefficient (Wildman–Crippen LogP) is 3.28. The minimum Gasteiger partial charge on any atom is -0.420 e. The third kappa shape index (κ3) is 5.85. The summed E-state index contributed by atoms with van der Waals surface area (Å²) in [6, 6.07) is 5.64. The lowest BCUT2D eigenvalue weighted by atomic mass is 10.3. The monoisotopic (exact) mass is 318 g/mol. The SMILES string of the molecule is O=C(CCN1CCCC1)Nc1ccc(OC(F)(F)Cl)cc1. The van der Waals surface area contributed by atoms with Crippen LogP contribution >= 0.6 is 11.6 Å². The van der Waals surface area contributed by atoms with E-state index in [1.54, 1.807) is 0 Å². The second kappa shape index (κ2) is 7.04. The Balaban J connectivity index is 1.78. The standard InChI is InChI=1S/C14H17ClF2N2O2/c15-14(16,17)21-12-5-3-11(4-6-12)18-13(20)7-10-19-8-1-2-9-19/h3-6H,1-2,7-10H2,(H,18,20). The summed E-state index contributed by atoms with van der Waals surface area (Å²) in [5.41, 5.74) is -3.20. The van der Waals surface area contributed by atoms with E-state index < -0.39 is 5.57 Å². The fourth-order valence-electron chi connectivity index (χ4n) is 2.23. The third-order valence-electron chi connectivity index (χ3n) is 3.23. The van der Waals surface area contributed by atoms with Crippen LogP contribution in [-0.2, 0) is 4.79 Å². The molecule has 0 radical (unpaired) electrons. The van der Waals surface area contributed by atoms with Crippen molar-refractivity contribution in [3.63, 3.8) is 0 Å². The largest absolute Gasteiger partial charge is 0.487 e. The summed E-state index contributed by atoms with van der Waals surface area (Å²) in [6.07, 6.45) is 2.79. The van der Waals surface area contributed by atoms with Crippen molar-refractivity contribution in [2.75, 3.05) is 25.0 Å². The molecule has 1 aliphatic heterocycles. The lowest BCUT2D eigenvalue weighted by Crippen LogP contribution is -2.25. The fraction of sp³-hybridized carbons (Fsp3) is 0.500. The van der Waals surface area contributed by atoms with Gasteiger partial charge in [0.2, 0.25) is 5.91 Å². The van der Waals surface area contributed by atoms with Crippen LogP contribution in [0.15, 0.2) is 24.3 Å². The van der Waals surface area contributed by atoms with Gasteiger partial charge in [0.05, 0.1) is 0 Å². The van der Waals surface area contributed by atoms with Crippen LogP contribution in [-0.4, -0.2) is 36.0 Å². The van der Waals surface area contributed by atoms with Gasteiger partial charge in [0.25, 0.3) is 0 Å². The number of nitrogens with one attached hydrogen (secondary N) is 1. The van der Waals surface area contributed by atoms with Crippen molar-refractivity contribution < 1.29 is 18.3 Å². The zero-order valence-corrected chi connectivity index (χ0v) is 12.2. The molecule has 0 bridgehead atoms. The quantitative estimate of drug-likeness (QED) is 0.818. The van der Waals surface area contributed by atoms with Crippen LogP contribution in [0.1, 0.15) is 19.3 Å². The smallest absolute Gasteiger partial charge is 0.420 e. The van der Waals surface area contributed by atoms with Crippen molar-refractivity contribution in [3.05, 3.63) is 24.3 Å². The molecule has 1 aliphatic rings. The maximum absolute atomic E-state index is 12.4. The summed E-state index contributed by atoms with van der Waals surface area (Å²) in [5, 5.41) is 2.71. The molecule has 0 saturated carbocycles. The number of likely N-dealkylation sites (tertiary alicyclic amines) is 1. The minimum atomic E-state index is -3.74. The highest BCUT2D eigenvalue weighted by Crippen LogP contribution is 2.25. The number of halogens is 3. The number of alkyl halides is 3. The molecule has 7 heteroatoms. The molecular weight excluding hydrogens is 302 g/mol. The summed E-state index contributed by atoms with van der Waals surface area (Å²) in [7, 11) is 0. The first kappa shape index (κ1) is 16.0. The first-order chi connectivity index (χ1) is 9.92. The van der Waals surface area contributed by atoms with E-state index in [0.29, 0.717) is 12.1 Å². The number of anilines is 1. The minimum absolute atomic E-state index is 0.0648. The molecule has 1 fully saturated rings. The molecule has 21 heavy (non-hydrogen) atoms. The molecule has 1 saturated heterocycles. The molecular formula is C14H17ClF2N2O2. The third-order valence-corrected chi connectivity index (χ3v) is 3.30. The van der Waals surface area contributed by atoms with Crippen molar-refractivity contribution in [3.8, 4) is 5.75 Å². The van der Waals surface area contributed by atoms with Gasteiger partial charge in [-0.1, -0.05) is 0 Å². The number of benzene rings is 1. The first-order valence-electron chi connectivity index (χ1n) is 6.80. The molecule has 0 aromatic heterocycles. The molecule has 116 valence electrons.